The van der Waals surface area contributed by atoms with E-state index in [0.29, 0.717) is 5.13 Å². The number of anilines is 2. The Morgan fingerprint density at radius 1 is 1.39 bits per heavy atom. The van der Waals surface area contributed by atoms with Gasteiger partial charge in [-0.1, -0.05) is 12.1 Å². The molecule has 0 saturated carbocycles. The number of esters is 1. The minimum atomic E-state index is -0.645. The summed E-state index contributed by atoms with van der Waals surface area (Å²) in [5.41, 5.74) is 0.313. The molecule has 23 heavy (non-hydrogen) atoms. The standard InChI is InChI=1S/C15H12N4O3S/c1-22-14(21)11-4-2-3-5-12(11)19-13(20)10(8-16)9-18-15-17-6-7-23-15/h2-7,9H,1H3,(H,17,18)(H,19,20)/b10-9-. The fraction of sp³-hybridized carbons (Fsp3) is 0.0667. The zero-order valence-corrected chi connectivity index (χ0v) is 12.9. The van der Waals surface area contributed by atoms with E-state index >= 15 is 0 Å². The van der Waals surface area contributed by atoms with Crippen LogP contribution in [0.25, 0.3) is 0 Å². The lowest BCUT2D eigenvalue weighted by atomic mass is 10.1. The highest BCUT2D eigenvalue weighted by atomic mass is 32.1. The summed E-state index contributed by atoms with van der Waals surface area (Å²) in [6.07, 6.45) is 2.86. The number of rotatable bonds is 5. The number of methoxy groups -OCH3 is 1. The second-order valence-corrected chi connectivity index (χ2v) is 5.04. The third-order valence-corrected chi connectivity index (χ3v) is 3.42. The molecule has 0 atom stereocenters. The molecule has 0 fully saturated rings. The maximum Gasteiger partial charge on any atom is 0.339 e. The van der Waals surface area contributed by atoms with E-state index in [1.54, 1.807) is 35.8 Å². The van der Waals surface area contributed by atoms with Crippen molar-refractivity contribution in [3.63, 3.8) is 0 Å². The zero-order chi connectivity index (χ0) is 16.7. The minimum absolute atomic E-state index is 0.153. The van der Waals surface area contributed by atoms with E-state index in [1.165, 1.54) is 30.7 Å². The fourth-order valence-corrected chi connectivity index (χ4v) is 2.15. The van der Waals surface area contributed by atoms with Gasteiger partial charge in [0, 0.05) is 17.8 Å². The van der Waals surface area contributed by atoms with E-state index in [9.17, 15) is 9.59 Å². The van der Waals surface area contributed by atoms with Gasteiger partial charge in [0.1, 0.15) is 11.6 Å². The van der Waals surface area contributed by atoms with Crippen molar-refractivity contribution in [1.29, 1.82) is 5.26 Å². The van der Waals surface area contributed by atoms with Crippen LogP contribution in [0.1, 0.15) is 10.4 Å². The van der Waals surface area contributed by atoms with E-state index in [4.69, 9.17) is 5.26 Å². The fourth-order valence-electron chi connectivity index (χ4n) is 1.65. The number of nitrogens with one attached hydrogen (secondary N) is 2. The Balaban J connectivity index is 2.16. The molecule has 0 spiro atoms. The lowest BCUT2D eigenvalue weighted by molar-refractivity contribution is -0.112. The molecule has 2 rings (SSSR count). The quantitative estimate of drug-likeness (QED) is 0.496. The normalized spacial score (nSPS) is 10.5. The lowest BCUT2D eigenvalue weighted by Crippen LogP contribution is -2.17. The van der Waals surface area contributed by atoms with Crippen LogP contribution >= 0.6 is 11.3 Å². The van der Waals surface area contributed by atoms with Crippen LogP contribution in [0, 0.1) is 11.3 Å². The van der Waals surface area contributed by atoms with Crippen molar-refractivity contribution < 1.29 is 14.3 Å². The number of ether oxygens (including phenoxy) is 1. The van der Waals surface area contributed by atoms with Crippen LogP contribution < -0.4 is 10.6 Å². The first-order chi connectivity index (χ1) is 11.2. The molecule has 116 valence electrons. The Labute approximate surface area is 136 Å². The maximum absolute atomic E-state index is 12.2. The number of benzene rings is 1. The minimum Gasteiger partial charge on any atom is -0.465 e. The van der Waals surface area contributed by atoms with Crippen LogP contribution in [0.2, 0.25) is 0 Å². The van der Waals surface area contributed by atoms with Crippen molar-refractivity contribution in [3.8, 4) is 6.07 Å². The first-order valence-electron chi connectivity index (χ1n) is 6.40. The SMILES string of the molecule is COC(=O)c1ccccc1NC(=O)/C(C#N)=C\Nc1nccs1. The molecule has 0 aliphatic rings. The van der Waals surface area contributed by atoms with Gasteiger partial charge in [0.2, 0.25) is 0 Å². The molecule has 1 heterocycles. The molecule has 0 unspecified atom stereocenters. The molecule has 0 saturated heterocycles. The predicted molar refractivity (Wildman–Crippen MR) is 85.8 cm³/mol. The molecule has 0 bridgehead atoms. The Kier molecular flexibility index (Phi) is 5.44. The predicted octanol–water partition coefficient (Wildman–Crippen LogP) is 2.39. The first-order valence-corrected chi connectivity index (χ1v) is 7.28. The van der Waals surface area contributed by atoms with Crippen molar-refractivity contribution in [2.45, 2.75) is 0 Å². The van der Waals surface area contributed by atoms with Gasteiger partial charge < -0.3 is 15.4 Å². The van der Waals surface area contributed by atoms with Crippen molar-refractivity contribution >= 4 is 34.0 Å². The summed E-state index contributed by atoms with van der Waals surface area (Å²) in [7, 11) is 1.25. The Morgan fingerprint density at radius 2 is 2.17 bits per heavy atom. The van der Waals surface area contributed by atoms with E-state index in [-0.39, 0.29) is 16.8 Å². The third kappa shape index (κ3) is 4.15. The van der Waals surface area contributed by atoms with Gasteiger partial charge in [-0.05, 0) is 12.1 Å². The maximum atomic E-state index is 12.2. The summed E-state index contributed by atoms with van der Waals surface area (Å²) in [5.74, 6) is -1.22. The molecule has 0 radical (unpaired) electrons. The molecule has 1 aromatic carbocycles. The number of para-hydroxylation sites is 1. The highest BCUT2D eigenvalue weighted by Crippen LogP contribution is 2.17. The number of hydrogen-bond acceptors (Lipinski definition) is 7. The largest absolute Gasteiger partial charge is 0.465 e. The Hall–Kier alpha value is -3.18. The molecule has 2 N–H and O–H groups in total. The molecular formula is C15H12N4O3S. The molecule has 2 aromatic rings. The molecule has 8 heteroatoms. The van der Waals surface area contributed by atoms with Crippen molar-refractivity contribution in [1.82, 2.24) is 4.98 Å². The number of nitrogens with zero attached hydrogens (tertiary/aromatic N) is 2. The molecule has 0 aliphatic carbocycles. The van der Waals surface area contributed by atoms with E-state index in [2.05, 4.69) is 20.4 Å². The number of nitriles is 1. The zero-order valence-electron chi connectivity index (χ0n) is 12.1. The van der Waals surface area contributed by atoms with Gasteiger partial charge in [0.25, 0.3) is 5.91 Å². The topological polar surface area (TPSA) is 104 Å². The summed E-state index contributed by atoms with van der Waals surface area (Å²) in [4.78, 5) is 27.8. The van der Waals surface area contributed by atoms with Crippen molar-refractivity contribution in [2.75, 3.05) is 17.7 Å². The number of thiazole rings is 1. The van der Waals surface area contributed by atoms with Crippen molar-refractivity contribution in [2.24, 2.45) is 0 Å². The summed E-state index contributed by atoms with van der Waals surface area (Å²) < 4.78 is 4.65. The van der Waals surface area contributed by atoms with Crippen molar-refractivity contribution in [3.05, 3.63) is 53.2 Å². The number of carbonyl (C=O) groups is 2. The molecule has 1 amide bonds. The number of amides is 1. The van der Waals surface area contributed by atoms with E-state index < -0.39 is 11.9 Å². The van der Waals surface area contributed by atoms with Gasteiger partial charge in [-0.2, -0.15) is 5.26 Å². The van der Waals surface area contributed by atoms with Gasteiger partial charge in [-0.25, -0.2) is 9.78 Å². The summed E-state index contributed by atoms with van der Waals surface area (Å²) in [5, 5.41) is 16.7. The Morgan fingerprint density at radius 3 is 2.83 bits per heavy atom. The van der Waals surface area contributed by atoms with Crippen LogP contribution in [0.4, 0.5) is 10.8 Å². The number of hydrogen-bond donors (Lipinski definition) is 2. The molecular weight excluding hydrogens is 316 g/mol. The average molecular weight is 328 g/mol. The summed E-state index contributed by atoms with van der Waals surface area (Å²) in [6, 6.07) is 8.17. The van der Waals surface area contributed by atoms with Gasteiger partial charge in [0.05, 0.1) is 18.4 Å². The lowest BCUT2D eigenvalue weighted by Gasteiger charge is -2.09. The number of carbonyl (C=O) groups excluding carboxylic acids is 2. The summed E-state index contributed by atoms with van der Waals surface area (Å²) in [6.45, 7) is 0. The smallest absolute Gasteiger partial charge is 0.339 e. The van der Waals surface area contributed by atoms with Gasteiger partial charge in [-0.3, -0.25) is 4.79 Å². The van der Waals surface area contributed by atoms with Crippen LogP contribution in [0.5, 0.6) is 0 Å². The first kappa shape index (κ1) is 16.2. The van der Waals surface area contributed by atoms with Gasteiger partial charge in [0.15, 0.2) is 5.13 Å². The average Bonchev–Trinajstić information content (AvgIpc) is 3.08. The van der Waals surface area contributed by atoms with E-state index in [1.807, 2.05) is 0 Å². The monoisotopic (exact) mass is 328 g/mol. The second kappa shape index (κ2) is 7.72. The highest BCUT2D eigenvalue weighted by Gasteiger charge is 2.15. The van der Waals surface area contributed by atoms with Gasteiger partial charge >= 0.3 is 5.97 Å². The van der Waals surface area contributed by atoms with Crippen LogP contribution in [-0.4, -0.2) is 24.0 Å². The summed E-state index contributed by atoms with van der Waals surface area (Å²) >= 11 is 1.33. The van der Waals surface area contributed by atoms with E-state index in [0.717, 1.165) is 0 Å². The van der Waals surface area contributed by atoms with Crippen LogP contribution in [-0.2, 0) is 9.53 Å². The second-order valence-electron chi connectivity index (χ2n) is 4.14. The van der Waals surface area contributed by atoms with Gasteiger partial charge in [-0.15, -0.1) is 11.3 Å². The molecule has 0 aliphatic heterocycles. The Bertz CT molecular complexity index is 778. The van der Waals surface area contributed by atoms with Crippen LogP contribution in [0.3, 0.4) is 0 Å². The van der Waals surface area contributed by atoms with Crippen LogP contribution in [0.15, 0.2) is 47.6 Å². The highest BCUT2D eigenvalue weighted by molar-refractivity contribution is 7.13. The molecule has 1 aromatic heterocycles. The number of aromatic nitrogens is 1. The third-order valence-electron chi connectivity index (χ3n) is 2.72. The molecule has 7 nitrogen and oxygen atoms in total.